The lowest BCUT2D eigenvalue weighted by Crippen LogP contribution is -2.37. The van der Waals surface area contributed by atoms with Crippen LogP contribution in [-0.4, -0.2) is 34.2 Å². The number of aromatic amines is 1. The summed E-state index contributed by atoms with van der Waals surface area (Å²) in [5.41, 5.74) is 0. The molecule has 2 rings (SSSR count). The van der Waals surface area contributed by atoms with Gasteiger partial charge in [0, 0.05) is 13.1 Å². The van der Waals surface area contributed by atoms with Crippen LogP contribution in [0.25, 0.3) is 11.6 Å². The van der Waals surface area contributed by atoms with Gasteiger partial charge in [0.2, 0.25) is 5.82 Å². The van der Waals surface area contributed by atoms with E-state index in [4.69, 9.17) is 4.42 Å². The Morgan fingerprint density at radius 2 is 2.16 bits per heavy atom. The minimum atomic E-state index is 0. The van der Waals surface area contributed by atoms with Gasteiger partial charge in [-0.25, -0.2) is 9.98 Å². The van der Waals surface area contributed by atoms with Gasteiger partial charge in [-0.3, -0.25) is 5.10 Å². The van der Waals surface area contributed by atoms with E-state index in [-0.39, 0.29) is 24.0 Å². The number of hydrogen-bond donors (Lipinski definition) is 3. The van der Waals surface area contributed by atoms with Crippen LogP contribution in [0.4, 0.5) is 0 Å². The maximum atomic E-state index is 5.28. The molecule has 7 nitrogen and oxygen atoms in total. The highest BCUT2D eigenvalue weighted by atomic mass is 127. The molecule has 0 radical (unpaired) electrons. The molecule has 2 aromatic heterocycles. The standard InChI is InChI=1S/C17H28N6O.HI/c1-4-18-17(19-10-6-5-8-13(2)3)20-12-15-21-16(23-22-15)14-9-7-11-24-14;/h7,9,11,13H,4-6,8,10,12H2,1-3H3,(H2,18,19,20)(H,21,22,23);1H. The molecule has 0 unspecified atom stereocenters. The van der Waals surface area contributed by atoms with Crippen molar-refractivity contribution in [3.8, 4) is 11.6 Å². The predicted octanol–water partition coefficient (Wildman–Crippen LogP) is 3.56. The van der Waals surface area contributed by atoms with Gasteiger partial charge in [0.25, 0.3) is 0 Å². The van der Waals surface area contributed by atoms with Gasteiger partial charge >= 0.3 is 0 Å². The smallest absolute Gasteiger partial charge is 0.216 e. The molecule has 2 aromatic rings. The number of halogens is 1. The molecule has 0 saturated carbocycles. The fourth-order valence-electron chi connectivity index (χ4n) is 2.26. The maximum absolute atomic E-state index is 5.28. The molecule has 25 heavy (non-hydrogen) atoms. The number of hydrogen-bond acceptors (Lipinski definition) is 4. The average Bonchev–Trinajstić information content (AvgIpc) is 3.22. The number of guanidine groups is 1. The Morgan fingerprint density at radius 3 is 2.84 bits per heavy atom. The Morgan fingerprint density at radius 1 is 1.32 bits per heavy atom. The molecule has 0 spiro atoms. The molecule has 0 saturated heterocycles. The topological polar surface area (TPSA) is 91.1 Å². The van der Waals surface area contributed by atoms with Crippen molar-refractivity contribution in [2.45, 2.75) is 46.6 Å². The minimum Gasteiger partial charge on any atom is -0.461 e. The summed E-state index contributed by atoms with van der Waals surface area (Å²) in [5.74, 6) is 3.48. The highest BCUT2D eigenvalue weighted by Crippen LogP contribution is 2.14. The summed E-state index contributed by atoms with van der Waals surface area (Å²) >= 11 is 0. The monoisotopic (exact) mass is 460 g/mol. The lowest BCUT2D eigenvalue weighted by Gasteiger charge is -2.11. The van der Waals surface area contributed by atoms with Crippen molar-refractivity contribution >= 4 is 29.9 Å². The zero-order chi connectivity index (χ0) is 17.2. The van der Waals surface area contributed by atoms with Gasteiger partial charge in [-0.15, -0.1) is 29.1 Å². The van der Waals surface area contributed by atoms with Gasteiger partial charge in [-0.2, -0.15) is 0 Å². The van der Waals surface area contributed by atoms with Gasteiger partial charge in [0.05, 0.1) is 6.26 Å². The molecule has 0 fully saturated rings. The Kier molecular flexibility index (Phi) is 10.2. The van der Waals surface area contributed by atoms with E-state index in [1.54, 1.807) is 6.26 Å². The first-order valence-electron chi connectivity index (χ1n) is 8.66. The second kappa shape index (κ2) is 11.9. The number of nitrogens with zero attached hydrogens (tertiary/aromatic N) is 3. The predicted molar refractivity (Wildman–Crippen MR) is 111 cm³/mol. The lowest BCUT2D eigenvalue weighted by molar-refractivity contribution is 0.534. The van der Waals surface area contributed by atoms with Crippen molar-refractivity contribution in [1.82, 2.24) is 25.8 Å². The van der Waals surface area contributed by atoms with E-state index in [2.05, 4.69) is 51.6 Å². The highest BCUT2D eigenvalue weighted by Gasteiger charge is 2.08. The van der Waals surface area contributed by atoms with E-state index in [9.17, 15) is 0 Å². The molecule has 8 heteroatoms. The maximum Gasteiger partial charge on any atom is 0.216 e. The van der Waals surface area contributed by atoms with Gasteiger partial charge < -0.3 is 15.1 Å². The van der Waals surface area contributed by atoms with Gasteiger partial charge in [-0.1, -0.05) is 26.7 Å². The van der Waals surface area contributed by atoms with E-state index < -0.39 is 0 Å². The number of H-pyrrole nitrogens is 1. The van der Waals surface area contributed by atoms with Crippen LogP contribution in [0.15, 0.2) is 27.8 Å². The van der Waals surface area contributed by atoms with Crippen LogP contribution in [0.5, 0.6) is 0 Å². The van der Waals surface area contributed by atoms with Crippen LogP contribution < -0.4 is 10.6 Å². The molecule has 0 atom stereocenters. The molecular weight excluding hydrogens is 431 g/mol. The van der Waals surface area contributed by atoms with E-state index in [0.717, 1.165) is 31.4 Å². The number of rotatable bonds is 9. The second-order valence-electron chi connectivity index (χ2n) is 6.09. The van der Waals surface area contributed by atoms with Crippen LogP contribution in [0.2, 0.25) is 0 Å². The third-order valence-electron chi connectivity index (χ3n) is 3.51. The average molecular weight is 460 g/mol. The molecule has 0 amide bonds. The van der Waals surface area contributed by atoms with Crippen LogP contribution in [-0.2, 0) is 6.54 Å². The summed E-state index contributed by atoms with van der Waals surface area (Å²) in [7, 11) is 0. The Balaban J connectivity index is 0.00000312. The van der Waals surface area contributed by atoms with E-state index >= 15 is 0 Å². The Labute approximate surface area is 166 Å². The van der Waals surface area contributed by atoms with E-state index in [1.165, 1.54) is 12.8 Å². The molecule has 0 aliphatic rings. The molecule has 0 aromatic carbocycles. The summed E-state index contributed by atoms with van der Waals surface area (Å²) in [5, 5.41) is 13.6. The molecule has 0 aliphatic carbocycles. The Hall–Kier alpha value is -1.58. The second-order valence-corrected chi connectivity index (χ2v) is 6.09. The first-order chi connectivity index (χ1) is 11.7. The largest absolute Gasteiger partial charge is 0.461 e. The van der Waals surface area contributed by atoms with E-state index in [1.807, 2.05) is 12.1 Å². The summed E-state index contributed by atoms with van der Waals surface area (Å²) < 4.78 is 5.28. The zero-order valence-electron chi connectivity index (χ0n) is 15.2. The number of furan rings is 1. The molecular formula is C17H29IN6O. The molecule has 3 N–H and O–H groups in total. The van der Waals surface area contributed by atoms with Gasteiger partial charge in [-0.05, 0) is 31.4 Å². The summed E-state index contributed by atoms with van der Waals surface area (Å²) in [6.45, 7) is 8.76. The summed E-state index contributed by atoms with van der Waals surface area (Å²) in [6.07, 6.45) is 5.26. The SMILES string of the molecule is CCNC(=NCc1nc(-c2ccco2)n[nH]1)NCCCCC(C)C.I. The molecule has 2 heterocycles. The van der Waals surface area contributed by atoms with Crippen LogP contribution in [0, 0.1) is 5.92 Å². The highest BCUT2D eigenvalue weighted by molar-refractivity contribution is 14.0. The van der Waals surface area contributed by atoms with Crippen molar-refractivity contribution in [2.24, 2.45) is 10.9 Å². The number of aliphatic imine (C=N–C) groups is 1. The van der Waals surface area contributed by atoms with Gasteiger partial charge in [0.15, 0.2) is 11.7 Å². The zero-order valence-corrected chi connectivity index (χ0v) is 17.5. The third kappa shape index (κ3) is 7.89. The lowest BCUT2D eigenvalue weighted by atomic mass is 10.1. The number of nitrogens with one attached hydrogen (secondary N) is 3. The van der Waals surface area contributed by atoms with Crippen LogP contribution in [0.1, 0.15) is 45.9 Å². The molecule has 0 aliphatic heterocycles. The minimum absolute atomic E-state index is 0. The first kappa shape index (κ1) is 21.5. The normalized spacial score (nSPS) is 11.4. The van der Waals surface area contributed by atoms with Crippen molar-refractivity contribution in [2.75, 3.05) is 13.1 Å². The fourth-order valence-corrected chi connectivity index (χ4v) is 2.26. The van der Waals surface area contributed by atoms with Crippen molar-refractivity contribution in [3.63, 3.8) is 0 Å². The first-order valence-corrected chi connectivity index (χ1v) is 8.66. The van der Waals surface area contributed by atoms with Gasteiger partial charge in [0.1, 0.15) is 12.4 Å². The van der Waals surface area contributed by atoms with Crippen molar-refractivity contribution in [3.05, 3.63) is 24.2 Å². The third-order valence-corrected chi connectivity index (χ3v) is 3.51. The number of unbranched alkanes of at least 4 members (excludes halogenated alkanes) is 1. The molecule has 0 bridgehead atoms. The van der Waals surface area contributed by atoms with E-state index in [0.29, 0.717) is 24.0 Å². The fraction of sp³-hybridized carbons (Fsp3) is 0.588. The number of aromatic nitrogens is 3. The Bertz CT molecular complexity index is 608. The quantitative estimate of drug-likeness (QED) is 0.230. The summed E-state index contributed by atoms with van der Waals surface area (Å²) in [6, 6.07) is 3.65. The van der Waals surface area contributed by atoms with Crippen LogP contribution in [0.3, 0.4) is 0 Å². The molecule has 140 valence electrons. The van der Waals surface area contributed by atoms with Crippen LogP contribution >= 0.6 is 24.0 Å². The summed E-state index contributed by atoms with van der Waals surface area (Å²) in [4.78, 5) is 8.93. The van der Waals surface area contributed by atoms with Crippen molar-refractivity contribution in [1.29, 1.82) is 0 Å². The van der Waals surface area contributed by atoms with Crippen molar-refractivity contribution < 1.29 is 4.42 Å².